The van der Waals surface area contributed by atoms with E-state index in [2.05, 4.69) is 240 Å². The lowest BCUT2D eigenvalue weighted by molar-refractivity contribution is 0.673. The highest BCUT2D eigenvalue weighted by Gasteiger charge is 2.20. The van der Waals surface area contributed by atoms with E-state index in [9.17, 15) is 0 Å². The summed E-state index contributed by atoms with van der Waals surface area (Å²) in [6.07, 6.45) is 0. The third-order valence-electron chi connectivity index (χ3n) is 13.5. The Kier molecular flexibility index (Phi) is 8.15. The second-order valence-corrected chi connectivity index (χ2v) is 18.3. The lowest BCUT2D eigenvalue weighted by atomic mass is 10.0. The first-order valence-electron chi connectivity index (χ1n) is 22.5. The topological polar surface area (TPSA) is 23.0 Å². The van der Waals surface area contributed by atoms with Crippen LogP contribution in [-0.2, 0) is 0 Å². The van der Waals surface area contributed by atoms with E-state index in [0.717, 1.165) is 33.3 Å². The molecule has 3 nitrogen and oxygen atoms in total. The maximum atomic E-state index is 6.89. The maximum Gasteiger partial charge on any atom is 0.154 e. The molecule has 14 rings (SSSR count). The highest BCUT2D eigenvalue weighted by atomic mass is 32.1. The van der Waals surface area contributed by atoms with Crippen molar-refractivity contribution in [2.45, 2.75) is 0 Å². The summed E-state index contributed by atoms with van der Waals surface area (Å²) in [6, 6.07) is 83.8. The molecule has 308 valence electrons. The van der Waals surface area contributed by atoms with E-state index in [1.165, 1.54) is 97.5 Å². The van der Waals surface area contributed by atoms with E-state index in [1.54, 1.807) is 0 Å². The third kappa shape index (κ3) is 5.75. The van der Waals surface area contributed by atoms with Gasteiger partial charge in [-0.25, -0.2) is 0 Å². The van der Waals surface area contributed by atoms with Gasteiger partial charge in [0.15, 0.2) is 5.58 Å². The van der Waals surface area contributed by atoms with Crippen molar-refractivity contribution in [1.29, 1.82) is 0 Å². The highest BCUT2D eigenvalue weighted by molar-refractivity contribution is 7.26. The zero-order chi connectivity index (χ0) is 43.3. The van der Waals surface area contributed by atoms with Crippen LogP contribution in [0.25, 0.3) is 131 Å². The first-order chi connectivity index (χ1) is 32.7. The lowest BCUT2D eigenvalue weighted by Gasteiger charge is -2.09. The molecule has 14 aromatic rings. The molecule has 4 heterocycles. The molecule has 4 heteroatoms. The lowest BCUT2D eigenvalue weighted by Crippen LogP contribution is -1.93. The first kappa shape index (κ1) is 37.0. The standard InChI is InChI=1S/C62H38N2OS/c1-5-13-39(14-6-1)43-21-29-55-51(33-43)52-34-44(40-15-7-2-8-16-40)22-30-56(52)63(55)47-25-27-49-59(37-47)65-61-50-28-26-48(38-60(50)66-62(49)61)64-57-31-23-45(41-17-9-3-10-18-41)35-53(57)54-36-46(24-32-58(54)64)42-19-11-4-12-20-42/h1-38H. The Hall–Kier alpha value is -8.44. The van der Waals surface area contributed by atoms with Gasteiger partial charge in [0.25, 0.3) is 0 Å². The van der Waals surface area contributed by atoms with Crippen LogP contribution in [0.2, 0.25) is 0 Å². The summed E-state index contributed by atoms with van der Waals surface area (Å²) in [5.74, 6) is 0. The Morgan fingerprint density at radius 2 is 0.652 bits per heavy atom. The fraction of sp³-hybridized carbons (Fsp3) is 0. The number of nitrogens with zero attached hydrogens (tertiary/aromatic N) is 2. The van der Waals surface area contributed by atoms with E-state index in [1.807, 2.05) is 11.3 Å². The minimum Gasteiger partial charge on any atom is -0.454 e. The Labute approximate surface area is 384 Å². The Morgan fingerprint density at radius 1 is 0.288 bits per heavy atom. The number of benzene rings is 10. The summed E-state index contributed by atoms with van der Waals surface area (Å²) in [5.41, 5.74) is 18.4. The van der Waals surface area contributed by atoms with Crippen LogP contribution in [0.5, 0.6) is 0 Å². The van der Waals surface area contributed by atoms with Gasteiger partial charge in [-0.3, -0.25) is 0 Å². The fourth-order valence-corrected chi connectivity index (χ4v) is 11.5. The number of hydrogen-bond donors (Lipinski definition) is 0. The van der Waals surface area contributed by atoms with Crippen molar-refractivity contribution in [2.24, 2.45) is 0 Å². The molecule has 0 amide bonds. The van der Waals surface area contributed by atoms with Crippen LogP contribution in [-0.4, -0.2) is 9.13 Å². The second-order valence-electron chi connectivity index (χ2n) is 17.3. The van der Waals surface area contributed by atoms with E-state index in [0.29, 0.717) is 0 Å². The summed E-state index contributed by atoms with van der Waals surface area (Å²) in [6.45, 7) is 0. The number of thiophene rings is 1. The molecule has 0 saturated heterocycles. The van der Waals surface area contributed by atoms with Crippen LogP contribution in [0.1, 0.15) is 0 Å². The van der Waals surface area contributed by atoms with Crippen LogP contribution in [0.4, 0.5) is 0 Å². The van der Waals surface area contributed by atoms with Crippen molar-refractivity contribution in [3.63, 3.8) is 0 Å². The van der Waals surface area contributed by atoms with Crippen molar-refractivity contribution in [2.75, 3.05) is 0 Å². The predicted molar refractivity (Wildman–Crippen MR) is 280 cm³/mol. The normalized spacial score (nSPS) is 11.9. The molecule has 0 N–H and O–H groups in total. The maximum absolute atomic E-state index is 6.89. The average molecular weight is 859 g/mol. The third-order valence-corrected chi connectivity index (χ3v) is 14.7. The van der Waals surface area contributed by atoms with E-state index in [4.69, 9.17) is 4.42 Å². The SMILES string of the molecule is c1ccc(-c2ccc3c(c2)c2cc(-c4ccccc4)ccc2n3-c2ccc3c(c2)oc2c4ccc(-n5c6ccc(-c7ccccc7)cc6c6cc(-c7ccccc7)ccc65)cc4sc32)cc1. The van der Waals surface area contributed by atoms with Gasteiger partial charge >= 0.3 is 0 Å². The average Bonchev–Trinajstić information content (AvgIpc) is 4.12. The van der Waals surface area contributed by atoms with Crippen molar-refractivity contribution in [1.82, 2.24) is 9.13 Å². The molecule has 10 aromatic carbocycles. The van der Waals surface area contributed by atoms with Crippen LogP contribution in [0, 0.1) is 0 Å². The Bertz CT molecular complexity index is 3730. The van der Waals surface area contributed by atoms with Gasteiger partial charge in [-0.1, -0.05) is 146 Å². The molecule has 0 aliphatic heterocycles. The molecule has 0 unspecified atom stereocenters. The quantitative estimate of drug-likeness (QED) is 0.163. The van der Waals surface area contributed by atoms with Crippen molar-refractivity contribution >= 4 is 86.3 Å². The van der Waals surface area contributed by atoms with Gasteiger partial charge in [0, 0.05) is 54.5 Å². The molecule has 0 spiro atoms. The Morgan fingerprint density at radius 3 is 1.05 bits per heavy atom. The molecular formula is C62H38N2OS. The zero-order valence-corrected chi connectivity index (χ0v) is 36.5. The molecule has 0 bridgehead atoms. The Balaban J connectivity index is 0.901. The van der Waals surface area contributed by atoms with Gasteiger partial charge < -0.3 is 13.6 Å². The smallest absolute Gasteiger partial charge is 0.154 e. The molecule has 66 heavy (non-hydrogen) atoms. The number of aromatic nitrogens is 2. The number of furan rings is 1. The zero-order valence-electron chi connectivity index (χ0n) is 35.7. The number of hydrogen-bond acceptors (Lipinski definition) is 2. The van der Waals surface area contributed by atoms with Gasteiger partial charge in [0.05, 0.1) is 26.8 Å². The molecular weight excluding hydrogens is 821 g/mol. The molecule has 0 aliphatic carbocycles. The predicted octanol–water partition coefficient (Wildman–Crippen LogP) is 17.7. The highest BCUT2D eigenvalue weighted by Crippen LogP contribution is 2.45. The van der Waals surface area contributed by atoms with E-state index >= 15 is 0 Å². The van der Waals surface area contributed by atoms with Crippen molar-refractivity contribution < 1.29 is 4.42 Å². The largest absolute Gasteiger partial charge is 0.454 e. The summed E-state index contributed by atoms with van der Waals surface area (Å²) >= 11 is 1.81. The van der Waals surface area contributed by atoms with Crippen LogP contribution in [0.15, 0.2) is 235 Å². The molecule has 0 radical (unpaired) electrons. The van der Waals surface area contributed by atoms with Gasteiger partial charge in [-0.15, -0.1) is 11.3 Å². The minimum atomic E-state index is 0.891. The van der Waals surface area contributed by atoms with E-state index in [-0.39, 0.29) is 0 Å². The summed E-state index contributed by atoms with van der Waals surface area (Å²) in [5, 5.41) is 7.19. The molecule has 0 aliphatic rings. The second kappa shape index (κ2) is 14.5. The number of fused-ring (bicyclic) bond motifs is 11. The summed E-state index contributed by atoms with van der Waals surface area (Å²) < 4.78 is 14.1. The van der Waals surface area contributed by atoms with Gasteiger partial charge in [0.1, 0.15) is 5.58 Å². The summed E-state index contributed by atoms with van der Waals surface area (Å²) in [4.78, 5) is 0. The van der Waals surface area contributed by atoms with Gasteiger partial charge in [0.2, 0.25) is 0 Å². The van der Waals surface area contributed by atoms with Crippen LogP contribution >= 0.6 is 11.3 Å². The minimum absolute atomic E-state index is 0.891. The molecule has 0 saturated carbocycles. The summed E-state index contributed by atoms with van der Waals surface area (Å²) in [7, 11) is 0. The van der Waals surface area contributed by atoms with Gasteiger partial charge in [-0.2, -0.15) is 0 Å². The van der Waals surface area contributed by atoms with Crippen molar-refractivity contribution in [3.05, 3.63) is 231 Å². The van der Waals surface area contributed by atoms with E-state index < -0.39 is 0 Å². The van der Waals surface area contributed by atoms with Gasteiger partial charge in [-0.05, 0) is 123 Å². The van der Waals surface area contributed by atoms with Crippen molar-refractivity contribution in [3.8, 4) is 55.9 Å². The molecule has 4 aromatic heterocycles. The monoisotopic (exact) mass is 858 g/mol. The fourth-order valence-electron chi connectivity index (χ4n) is 10.4. The van der Waals surface area contributed by atoms with Crippen LogP contribution in [0.3, 0.4) is 0 Å². The number of rotatable bonds is 6. The molecule has 0 fully saturated rings. The van der Waals surface area contributed by atoms with Crippen LogP contribution < -0.4 is 0 Å². The first-order valence-corrected chi connectivity index (χ1v) is 23.3. The molecule has 0 atom stereocenters.